The summed E-state index contributed by atoms with van der Waals surface area (Å²) < 4.78 is 0. The smallest absolute Gasteiger partial charge is 0.124 e. The van der Waals surface area contributed by atoms with E-state index in [1.54, 1.807) is 18.3 Å². The predicted molar refractivity (Wildman–Crippen MR) is 83.2 cm³/mol. The highest BCUT2D eigenvalue weighted by molar-refractivity contribution is 6.03. The number of rotatable bonds is 4. The van der Waals surface area contributed by atoms with Crippen LogP contribution in [0.5, 0.6) is 5.75 Å². The van der Waals surface area contributed by atoms with Crippen molar-refractivity contribution in [3.05, 3.63) is 59.9 Å². The molecule has 1 N–H and O–H groups in total. The molecular formula is C17H16N4O. The van der Waals surface area contributed by atoms with Crippen LogP contribution in [0, 0.1) is 11.3 Å². The van der Waals surface area contributed by atoms with Gasteiger partial charge in [0, 0.05) is 24.7 Å². The lowest BCUT2D eigenvalue weighted by atomic mass is 10.0. The molecule has 0 spiro atoms. The monoisotopic (exact) mass is 292 g/mol. The van der Waals surface area contributed by atoms with Crippen molar-refractivity contribution in [3.63, 3.8) is 0 Å². The molecule has 0 amide bonds. The fourth-order valence-corrected chi connectivity index (χ4v) is 2.64. The predicted octanol–water partition coefficient (Wildman–Crippen LogP) is 2.85. The number of phenols is 1. The minimum absolute atomic E-state index is 0.00385. The van der Waals surface area contributed by atoms with Gasteiger partial charge in [0.05, 0.1) is 29.9 Å². The Kier molecular flexibility index (Phi) is 4.01. The molecule has 22 heavy (non-hydrogen) atoms. The first-order valence-corrected chi connectivity index (χ1v) is 7.20. The van der Waals surface area contributed by atoms with Gasteiger partial charge in [-0.1, -0.05) is 18.2 Å². The fourth-order valence-electron chi connectivity index (χ4n) is 2.64. The lowest BCUT2D eigenvalue weighted by Crippen LogP contribution is -2.21. The molecule has 0 radical (unpaired) electrons. The van der Waals surface area contributed by atoms with Gasteiger partial charge in [0.15, 0.2) is 0 Å². The van der Waals surface area contributed by atoms with Crippen LogP contribution in [0.4, 0.5) is 0 Å². The molecule has 1 aliphatic heterocycles. The summed E-state index contributed by atoms with van der Waals surface area (Å²) in [5.41, 5.74) is 2.49. The number of aromatic nitrogens is 1. The van der Waals surface area contributed by atoms with Gasteiger partial charge in [-0.05, 0) is 24.3 Å². The zero-order chi connectivity index (χ0) is 15.4. The number of hydrazone groups is 1. The number of para-hydroxylation sites is 1. The second-order valence-corrected chi connectivity index (χ2v) is 5.11. The normalized spacial score (nSPS) is 17.1. The first-order chi connectivity index (χ1) is 10.8. The van der Waals surface area contributed by atoms with E-state index in [9.17, 15) is 5.11 Å². The lowest BCUT2D eigenvalue weighted by molar-refractivity contribution is 0.235. The lowest BCUT2D eigenvalue weighted by Gasteiger charge is -2.21. The summed E-state index contributed by atoms with van der Waals surface area (Å²) in [7, 11) is 0. The van der Waals surface area contributed by atoms with Gasteiger partial charge < -0.3 is 5.11 Å². The molecule has 1 unspecified atom stereocenters. The average molecular weight is 292 g/mol. The largest absolute Gasteiger partial charge is 0.507 e. The number of hydrogen-bond acceptors (Lipinski definition) is 5. The van der Waals surface area contributed by atoms with Crippen LogP contribution in [0.1, 0.15) is 30.1 Å². The van der Waals surface area contributed by atoms with Gasteiger partial charge in [-0.3, -0.25) is 9.99 Å². The molecule has 1 atom stereocenters. The van der Waals surface area contributed by atoms with Crippen molar-refractivity contribution in [2.45, 2.75) is 18.9 Å². The molecule has 2 heterocycles. The van der Waals surface area contributed by atoms with Crippen LogP contribution in [0.25, 0.3) is 0 Å². The summed E-state index contributed by atoms with van der Waals surface area (Å²) in [6.07, 6.45) is 2.83. The minimum Gasteiger partial charge on any atom is -0.507 e. The summed E-state index contributed by atoms with van der Waals surface area (Å²) >= 11 is 0. The van der Waals surface area contributed by atoms with E-state index >= 15 is 0 Å². The molecule has 0 bridgehead atoms. The van der Waals surface area contributed by atoms with Crippen LogP contribution in [0.2, 0.25) is 0 Å². The number of nitriles is 1. The van der Waals surface area contributed by atoms with Gasteiger partial charge >= 0.3 is 0 Å². The number of nitrogens with zero attached hydrogens (tertiary/aromatic N) is 4. The van der Waals surface area contributed by atoms with Gasteiger partial charge in [-0.15, -0.1) is 0 Å². The molecule has 5 nitrogen and oxygen atoms in total. The van der Waals surface area contributed by atoms with Crippen LogP contribution in [0.3, 0.4) is 0 Å². The third-order valence-corrected chi connectivity index (χ3v) is 3.69. The summed E-state index contributed by atoms with van der Waals surface area (Å²) in [4.78, 5) is 4.41. The summed E-state index contributed by atoms with van der Waals surface area (Å²) in [6, 6.07) is 15.1. The highest BCUT2D eigenvalue weighted by Gasteiger charge is 2.30. The first-order valence-electron chi connectivity index (χ1n) is 7.20. The Morgan fingerprint density at radius 3 is 2.77 bits per heavy atom. The number of aromatic hydroxyl groups is 1. The van der Waals surface area contributed by atoms with Crippen LogP contribution in [0.15, 0.2) is 53.8 Å². The van der Waals surface area contributed by atoms with Gasteiger partial charge in [0.1, 0.15) is 5.75 Å². The Balaban J connectivity index is 1.91. The van der Waals surface area contributed by atoms with Crippen LogP contribution in [-0.4, -0.2) is 27.4 Å². The van der Waals surface area contributed by atoms with Crippen molar-refractivity contribution in [2.75, 3.05) is 6.54 Å². The molecular weight excluding hydrogens is 276 g/mol. The van der Waals surface area contributed by atoms with E-state index in [1.165, 1.54) is 0 Å². The maximum absolute atomic E-state index is 10.0. The fraction of sp³-hybridized carbons (Fsp3) is 0.235. The van der Waals surface area contributed by atoms with Crippen molar-refractivity contribution in [1.29, 1.82) is 5.26 Å². The van der Waals surface area contributed by atoms with Crippen LogP contribution >= 0.6 is 0 Å². The Bertz CT molecular complexity index is 721. The van der Waals surface area contributed by atoms with E-state index < -0.39 is 0 Å². The molecule has 0 saturated carbocycles. The average Bonchev–Trinajstić information content (AvgIpc) is 2.98. The molecule has 1 aliphatic rings. The standard InChI is InChI=1S/C17H16N4O/c18-9-5-11-21-16(14-7-3-4-10-19-14)12-15(20-21)13-6-1-2-8-17(13)22/h1-4,6-8,10,16,22H,5,11-12H2. The third kappa shape index (κ3) is 2.77. The van der Waals surface area contributed by atoms with Gasteiger partial charge in [-0.25, -0.2) is 0 Å². The first kappa shape index (κ1) is 14.1. The molecule has 5 heteroatoms. The van der Waals surface area contributed by atoms with Crippen molar-refractivity contribution >= 4 is 5.71 Å². The van der Waals surface area contributed by atoms with E-state index in [2.05, 4.69) is 16.2 Å². The molecule has 2 aromatic rings. The molecule has 3 rings (SSSR count). The quantitative estimate of drug-likeness (QED) is 0.940. The zero-order valence-corrected chi connectivity index (χ0v) is 12.1. The second-order valence-electron chi connectivity index (χ2n) is 5.11. The van der Waals surface area contributed by atoms with E-state index in [0.717, 1.165) is 17.0 Å². The minimum atomic E-state index is 0.00385. The van der Waals surface area contributed by atoms with Crippen molar-refractivity contribution in [1.82, 2.24) is 9.99 Å². The molecule has 1 aromatic carbocycles. The number of pyridine rings is 1. The van der Waals surface area contributed by atoms with Crippen LogP contribution in [-0.2, 0) is 0 Å². The Hall–Kier alpha value is -2.87. The van der Waals surface area contributed by atoms with Gasteiger partial charge in [0.2, 0.25) is 0 Å². The topological polar surface area (TPSA) is 72.5 Å². The number of phenolic OH excluding ortho intramolecular Hbond substituents is 1. The molecule has 110 valence electrons. The Morgan fingerprint density at radius 1 is 1.23 bits per heavy atom. The van der Waals surface area contributed by atoms with E-state index in [4.69, 9.17) is 5.26 Å². The zero-order valence-electron chi connectivity index (χ0n) is 12.1. The summed E-state index contributed by atoms with van der Waals surface area (Å²) in [5.74, 6) is 0.225. The second kappa shape index (κ2) is 6.27. The summed E-state index contributed by atoms with van der Waals surface area (Å²) in [5, 5.41) is 25.4. The Morgan fingerprint density at radius 2 is 2.05 bits per heavy atom. The Labute approximate surface area is 129 Å². The molecule has 0 aliphatic carbocycles. The van der Waals surface area contributed by atoms with Crippen molar-refractivity contribution in [3.8, 4) is 11.8 Å². The molecule has 0 fully saturated rings. The number of benzene rings is 1. The highest BCUT2D eigenvalue weighted by Crippen LogP contribution is 2.33. The maximum Gasteiger partial charge on any atom is 0.124 e. The third-order valence-electron chi connectivity index (χ3n) is 3.69. The van der Waals surface area contributed by atoms with Gasteiger partial charge in [0.25, 0.3) is 0 Å². The maximum atomic E-state index is 10.0. The molecule has 0 saturated heterocycles. The summed E-state index contributed by atoms with van der Waals surface area (Å²) in [6.45, 7) is 0.550. The molecule has 1 aromatic heterocycles. The van der Waals surface area contributed by atoms with Gasteiger partial charge in [-0.2, -0.15) is 10.4 Å². The van der Waals surface area contributed by atoms with Crippen molar-refractivity contribution in [2.24, 2.45) is 5.10 Å². The van der Waals surface area contributed by atoms with E-state index in [-0.39, 0.29) is 11.8 Å². The van der Waals surface area contributed by atoms with Crippen molar-refractivity contribution < 1.29 is 5.11 Å². The van der Waals surface area contributed by atoms with Crippen LogP contribution < -0.4 is 0 Å². The highest BCUT2D eigenvalue weighted by atomic mass is 16.3. The van der Waals surface area contributed by atoms with E-state index in [0.29, 0.717) is 19.4 Å². The SMILES string of the molecule is N#CCCN1N=C(c2ccccc2O)CC1c1ccccn1. The number of hydrogen-bond donors (Lipinski definition) is 1. The van der Waals surface area contributed by atoms with E-state index in [1.807, 2.05) is 35.3 Å².